The maximum Gasteiger partial charge on any atom is 0.306 e. The van der Waals surface area contributed by atoms with Crippen molar-refractivity contribution in [1.82, 2.24) is 0 Å². The lowest BCUT2D eigenvalue weighted by atomic mass is 10.1. The van der Waals surface area contributed by atoms with Crippen LogP contribution in [0.5, 0.6) is 0 Å². The highest BCUT2D eigenvalue weighted by Gasteiger charge is 2.20. The van der Waals surface area contributed by atoms with E-state index in [9.17, 15) is 14.3 Å². The van der Waals surface area contributed by atoms with Crippen LogP contribution in [0.2, 0.25) is 0 Å². The maximum absolute atomic E-state index is 12.6. The van der Waals surface area contributed by atoms with E-state index in [0.717, 1.165) is 57.8 Å². The molecular formula is C42H78NO7P. The summed E-state index contributed by atoms with van der Waals surface area (Å²) in [4.78, 5) is 25.0. The summed E-state index contributed by atoms with van der Waals surface area (Å²) in [6, 6.07) is 0. The Hall–Kier alpha value is -1.54. The summed E-state index contributed by atoms with van der Waals surface area (Å²) >= 11 is 0. The van der Waals surface area contributed by atoms with Gasteiger partial charge in [-0.1, -0.05) is 133 Å². The Labute approximate surface area is 314 Å². The van der Waals surface area contributed by atoms with Crippen LogP contribution in [0, 0.1) is 0 Å². The summed E-state index contributed by atoms with van der Waals surface area (Å²) in [6.45, 7) is 5.23. The molecule has 0 heterocycles. The van der Waals surface area contributed by atoms with Crippen LogP contribution in [0.25, 0.3) is 0 Å². The topological polar surface area (TPSA) is 94.1 Å². The van der Waals surface area contributed by atoms with Crippen molar-refractivity contribution in [3.05, 3.63) is 48.6 Å². The number of allylic oxidation sites excluding steroid dienone is 8. The molecule has 0 aliphatic carbocycles. The number of hydrogen-bond donors (Lipinski definition) is 0. The molecule has 0 aliphatic heterocycles. The van der Waals surface area contributed by atoms with Gasteiger partial charge in [-0.05, 0) is 64.2 Å². The van der Waals surface area contributed by atoms with Crippen molar-refractivity contribution in [3.8, 4) is 0 Å². The van der Waals surface area contributed by atoms with Crippen molar-refractivity contribution >= 4 is 13.8 Å². The lowest BCUT2D eigenvalue weighted by Crippen LogP contribution is -2.37. The summed E-state index contributed by atoms with van der Waals surface area (Å²) in [5.74, 6) is -0.349. The molecule has 0 saturated carbocycles. The van der Waals surface area contributed by atoms with Crippen molar-refractivity contribution < 1.29 is 37.3 Å². The molecule has 0 amide bonds. The summed E-state index contributed by atoms with van der Waals surface area (Å²) in [6.07, 6.45) is 41.1. The van der Waals surface area contributed by atoms with E-state index in [0.29, 0.717) is 24.1 Å². The first-order valence-corrected chi connectivity index (χ1v) is 21.8. The van der Waals surface area contributed by atoms with Gasteiger partial charge in [-0.3, -0.25) is 9.36 Å². The predicted molar refractivity (Wildman–Crippen MR) is 213 cm³/mol. The molecule has 51 heavy (non-hydrogen) atoms. The number of rotatable bonds is 37. The fourth-order valence-electron chi connectivity index (χ4n) is 5.19. The Bertz CT molecular complexity index is 957. The van der Waals surface area contributed by atoms with Gasteiger partial charge in [0.15, 0.2) is 0 Å². The van der Waals surface area contributed by atoms with E-state index in [1.807, 2.05) is 21.1 Å². The highest BCUT2D eigenvalue weighted by atomic mass is 31.2. The number of ether oxygens (including phenoxy) is 2. The van der Waals surface area contributed by atoms with Gasteiger partial charge in [-0.15, -0.1) is 0 Å². The third kappa shape index (κ3) is 39.5. The number of phosphoric ester groups is 1. The third-order valence-electron chi connectivity index (χ3n) is 8.36. The Morgan fingerprint density at radius 3 is 1.73 bits per heavy atom. The number of likely N-dealkylation sites (N-methyl/N-ethyl adjacent to an activating group) is 1. The molecule has 9 heteroatoms. The van der Waals surface area contributed by atoms with Crippen molar-refractivity contribution in [2.24, 2.45) is 0 Å². The minimum atomic E-state index is -4.52. The number of unbranched alkanes of at least 4 members (excludes halogenated alkanes) is 15. The van der Waals surface area contributed by atoms with Crippen molar-refractivity contribution in [3.63, 3.8) is 0 Å². The van der Waals surface area contributed by atoms with Crippen molar-refractivity contribution in [2.75, 3.05) is 54.1 Å². The fourth-order valence-corrected chi connectivity index (χ4v) is 5.92. The first kappa shape index (κ1) is 49.5. The summed E-state index contributed by atoms with van der Waals surface area (Å²) < 4.78 is 34.5. The van der Waals surface area contributed by atoms with Crippen LogP contribution in [0.4, 0.5) is 0 Å². The zero-order chi connectivity index (χ0) is 37.7. The van der Waals surface area contributed by atoms with Gasteiger partial charge in [0.25, 0.3) is 7.82 Å². The van der Waals surface area contributed by atoms with Gasteiger partial charge in [0.2, 0.25) is 0 Å². The fraction of sp³-hybridized carbons (Fsp3) is 0.786. The number of carbonyl (C=O) groups is 1. The molecule has 0 fully saturated rings. The zero-order valence-corrected chi connectivity index (χ0v) is 34.4. The van der Waals surface area contributed by atoms with Gasteiger partial charge in [-0.25, -0.2) is 0 Å². The number of carbonyl (C=O) groups excluding carboxylic acids is 1. The largest absolute Gasteiger partial charge is 0.756 e. The first-order chi connectivity index (χ1) is 24.6. The van der Waals surface area contributed by atoms with Gasteiger partial charge in [0.1, 0.15) is 19.3 Å². The van der Waals surface area contributed by atoms with Gasteiger partial charge in [-0.2, -0.15) is 0 Å². The second-order valence-electron chi connectivity index (χ2n) is 14.6. The summed E-state index contributed by atoms with van der Waals surface area (Å²) in [7, 11) is 1.34. The number of phosphoric acid groups is 1. The molecule has 0 aromatic rings. The molecule has 0 spiro atoms. The number of hydrogen-bond acceptors (Lipinski definition) is 7. The molecule has 2 atom stereocenters. The van der Waals surface area contributed by atoms with Crippen LogP contribution in [0.15, 0.2) is 48.6 Å². The van der Waals surface area contributed by atoms with Crippen molar-refractivity contribution in [1.29, 1.82) is 0 Å². The van der Waals surface area contributed by atoms with Crippen LogP contribution in [-0.4, -0.2) is 70.7 Å². The number of esters is 1. The Morgan fingerprint density at radius 2 is 1.14 bits per heavy atom. The molecule has 0 aromatic carbocycles. The van der Waals surface area contributed by atoms with Gasteiger partial charge >= 0.3 is 5.97 Å². The zero-order valence-electron chi connectivity index (χ0n) is 33.5. The lowest BCUT2D eigenvalue weighted by Gasteiger charge is -2.28. The molecule has 0 rings (SSSR count). The molecule has 0 saturated heterocycles. The Balaban J connectivity index is 4.29. The van der Waals surface area contributed by atoms with E-state index in [4.69, 9.17) is 18.5 Å². The summed E-state index contributed by atoms with van der Waals surface area (Å²) in [5, 5.41) is 0. The summed E-state index contributed by atoms with van der Waals surface area (Å²) in [5.41, 5.74) is 0. The SMILES string of the molecule is CC/C=C\C/C=C\C/C=C\CCCCCCCCCC(=O)OC(COCCCCCCCC/C=C\CCCC)COP(=O)([O-])OCC[N+](C)(C)C. The van der Waals surface area contributed by atoms with Crippen LogP contribution < -0.4 is 4.89 Å². The minimum Gasteiger partial charge on any atom is -0.756 e. The average Bonchev–Trinajstić information content (AvgIpc) is 3.08. The van der Waals surface area contributed by atoms with Gasteiger partial charge in [0.05, 0.1) is 34.4 Å². The molecule has 0 aromatic heterocycles. The third-order valence-corrected chi connectivity index (χ3v) is 9.33. The van der Waals surface area contributed by atoms with E-state index >= 15 is 0 Å². The predicted octanol–water partition coefficient (Wildman–Crippen LogP) is 11.0. The average molecular weight is 740 g/mol. The second-order valence-corrected chi connectivity index (χ2v) is 16.0. The second kappa shape index (κ2) is 35.5. The highest BCUT2D eigenvalue weighted by molar-refractivity contribution is 7.45. The van der Waals surface area contributed by atoms with E-state index < -0.39 is 13.9 Å². The van der Waals surface area contributed by atoms with Crippen molar-refractivity contribution in [2.45, 2.75) is 161 Å². The van der Waals surface area contributed by atoms with Crippen LogP contribution in [-0.2, 0) is 27.9 Å². The maximum atomic E-state index is 12.6. The molecule has 0 radical (unpaired) electrons. The van der Waals surface area contributed by atoms with E-state index in [1.54, 1.807) is 0 Å². The smallest absolute Gasteiger partial charge is 0.306 e. The van der Waals surface area contributed by atoms with Crippen LogP contribution in [0.3, 0.4) is 0 Å². The molecule has 0 aliphatic rings. The van der Waals surface area contributed by atoms with E-state index in [-0.39, 0.29) is 25.8 Å². The first-order valence-electron chi connectivity index (χ1n) is 20.4. The molecule has 0 bridgehead atoms. The van der Waals surface area contributed by atoms with Crippen LogP contribution >= 0.6 is 7.82 Å². The Morgan fingerprint density at radius 1 is 0.627 bits per heavy atom. The lowest BCUT2D eigenvalue weighted by molar-refractivity contribution is -0.870. The minimum absolute atomic E-state index is 0.0212. The van der Waals surface area contributed by atoms with Crippen LogP contribution in [0.1, 0.15) is 155 Å². The highest BCUT2D eigenvalue weighted by Crippen LogP contribution is 2.38. The quantitative estimate of drug-likeness (QED) is 0.0206. The molecule has 8 nitrogen and oxygen atoms in total. The Kier molecular flexibility index (Phi) is 34.4. The van der Waals surface area contributed by atoms with Gasteiger partial charge in [0, 0.05) is 13.0 Å². The number of nitrogens with zero attached hydrogens (tertiary/aromatic N) is 1. The van der Waals surface area contributed by atoms with E-state index in [1.165, 1.54) is 77.0 Å². The van der Waals surface area contributed by atoms with E-state index in [2.05, 4.69) is 62.5 Å². The monoisotopic (exact) mass is 740 g/mol. The normalized spacial score (nSPS) is 14.4. The molecule has 2 unspecified atom stereocenters. The molecule has 0 N–H and O–H groups in total. The molecule has 298 valence electrons. The number of quaternary nitrogens is 1. The molecular weight excluding hydrogens is 661 g/mol. The van der Waals surface area contributed by atoms with Gasteiger partial charge < -0.3 is 27.9 Å². The standard InChI is InChI=1S/C42H78NO7P/c1-6-8-10-12-14-16-18-20-21-22-23-24-25-27-29-31-33-35-42(44)50-41(40-49-51(45,46)48-38-36-43(3,4)5)39-47-37-34-32-30-28-26-19-17-15-13-11-9-7-2/h8,10,13-16,20-21,41H,6-7,9,11-12,17-19,22-40H2,1-5H3/b10-8-,15-13-,16-14-,21-20-.